The molecule has 34 heavy (non-hydrogen) atoms. The number of aryl methyl sites for hydroxylation is 1. The van der Waals surface area contributed by atoms with Gasteiger partial charge in [0.1, 0.15) is 0 Å². The maximum absolute atomic E-state index is 4.97. The van der Waals surface area contributed by atoms with Gasteiger partial charge in [-0.2, -0.15) is 0 Å². The van der Waals surface area contributed by atoms with Crippen LogP contribution in [0.3, 0.4) is 0 Å². The number of rotatable bonds is 3. The Kier molecular flexibility index (Phi) is 5.14. The zero-order valence-corrected chi connectivity index (χ0v) is 23.0. The fourth-order valence-corrected chi connectivity index (χ4v) is 8.79. The van der Waals surface area contributed by atoms with Crippen LogP contribution in [0.1, 0.15) is 50.6 Å². The van der Waals surface area contributed by atoms with Crippen LogP contribution in [0.4, 0.5) is 0 Å². The van der Waals surface area contributed by atoms with Crippen LogP contribution in [-0.4, -0.2) is 4.98 Å². The van der Waals surface area contributed by atoms with Crippen LogP contribution in [0.2, 0.25) is 0 Å². The normalized spacial score (nSPS) is 12.8. The minimum atomic E-state index is 0.0799. The molecule has 6 rings (SSSR count). The number of hydrogen-bond acceptors (Lipinski definition) is 4. The van der Waals surface area contributed by atoms with Crippen molar-refractivity contribution in [2.24, 2.45) is 5.92 Å². The van der Waals surface area contributed by atoms with Crippen LogP contribution in [0.5, 0.6) is 0 Å². The van der Waals surface area contributed by atoms with Crippen LogP contribution in [-0.2, 0) is 11.8 Å². The number of benzene rings is 2. The Morgan fingerprint density at radius 2 is 1.71 bits per heavy atom. The molecule has 0 saturated carbocycles. The monoisotopic (exact) mass is 499 g/mol. The van der Waals surface area contributed by atoms with Gasteiger partial charge >= 0.3 is 0 Å². The lowest BCUT2D eigenvalue weighted by molar-refractivity contribution is 0.597. The van der Waals surface area contributed by atoms with Gasteiger partial charge in [-0.15, -0.1) is 34.0 Å². The summed E-state index contributed by atoms with van der Waals surface area (Å²) in [5.41, 5.74) is 5.27. The van der Waals surface area contributed by atoms with E-state index in [9.17, 15) is 0 Å². The second kappa shape index (κ2) is 7.87. The predicted molar refractivity (Wildman–Crippen MR) is 155 cm³/mol. The average Bonchev–Trinajstić information content (AvgIpc) is 3.46. The van der Waals surface area contributed by atoms with Gasteiger partial charge in [0.2, 0.25) is 0 Å². The molecular formula is C30H29NS3. The third-order valence-electron chi connectivity index (χ3n) is 6.77. The molecule has 4 heteroatoms. The molecule has 0 atom stereocenters. The molecule has 172 valence electrons. The molecule has 0 saturated heterocycles. The van der Waals surface area contributed by atoms with Gasteiger partial charge in [-0.25, -0.2) is 0 Å². The summed E-state index contributed by atoms with van der Waals surface area (Å²) in [6.07, 6.45) is 3.14. The van der Waals surface area contributed by atoms with Crippen molar-refractivity contribution in [3.8, 4) is 11.3 Å². The number of fused-ring (bicyclic) bond motifs is 5. The van der Waals surface area contributed by atoms with E-state index in [0.717, 1.165) is 12.1 Å². The van der Waals surface area contributed by atoms with E-state index in [2.05, 4.69) is 83.3 Å². The molecule has 6 aromatic rings. The third kappa shape index (κ3) is 3.50. The fourth-order valence-electron chi connectivity index (χ4n) is 5.05. The highest BCUT2D eigenvalue weighted by molar-refractivity contribution is 7.26. The largest absolute Gasteiger partial charge is 0.256 e. The molecule has 4 aromatic heterocycles. The Labute approximate surface area is 213 Å². The Morgan fingerprint density at radius 1 is 0.912 bits per heavy atom. The molecule has 0 spiro atoms. The predicted octanol–water partition coefficient (Wildman–Crippen LogP) is 10.4. The van der Waals surface area contributed by atoms with Crippen LogP contribution in [0, 0.1) is 12.8 Å². The highest BCUT2D eigenvalue weighted by atomic mass is 32.1. The highest BCUT2D eigenvalue weighted by Crippen LogP contribution is 2.45. The summed E-state index contributed by atoms with van der Waals surface area (Å²) in [7, 11) is 0. The SMILES string of the molecule is Cc1c(CC(C)C)sc2cc3sc4ccnc(-c5cc(C(C)(C)C)c6sccc6c5)c4c3cc12. The van der Waals surface area contributed by atoms with Crippen molar-refractivity contribution in [3.05, 3.63) is 64.0 Å². The van der Waals surface area contributed by atoms with Gasteiger partial charge in [0.25, 0.3) is 0 Å². The standard InChI is InChI=1S/C30H29NS3/c1-16(2)11-24-17(3)20-14-21-26(15-25(20)34-24)33-23-7-9-31-28(27(21)23)19-12-18-8-10-32-29(18)22(13-19)30(4,5)6/h7-10,12-16H,11H2,1-6H3. The van der Waals surface area contributed by atoms with E-state index < -0.39 is 0 Å². The topological polar surface area (TPSA) is 12.9 Å². The zero-order valence-electron chi connectivity index (χ0n) is 20.6. The summed E-state index contributed by atoms with van der Waals surface area (Å²) in [5.74, 6) is 0.675. The van der Waals surface area contributed by atoms with Gasteiger partial charge in [-0.3, -0.25) is 4.98 Å². The summed E-state index contributed by atoms with van der Waals surface area (Å²) < 4.78 is 5.49. The van der Waals surface area contributed by atoms with Crippen molar-refractivity contribution < 1.29 is 0 Å². The molecule has 4 heterocycles. The molecule has 0 unspecified atom stereocenters. The summed E-state index contributed by atoms with van der Waals surface area (Å²) >= 11 is 5.72. The lowest BCUT2D eigenvalue weighted by Gasteiger charge is -2.21. The maximum Gasteiger partial charge on any atom is 0.0795 e. The van der Waals surface area contributed by atoms with E-state index in [-0.39, 0.29) is 5.41 Å². The van der Waals surface area contributed by atoms with Gasteiger partial charge in [-0.05, 0) is 88.4 Å². The molecule has 0 radical (unpaired) electrons. The fraction of sp³-hybridized carbons (Fsp3) is 0.300. The van der Waals surface area contributed by atoms with E-state index in [1.807, 2.05) is 40.2 Å². The van der Waals surface area contributed by atoms with Crippen molar-refractivity contribution >= 4 is 74.4 Å². The second-order valence-electron chi connectivity index (χ2n) is 10.8. The highest BCUT2D eigenvalue weighted by Gasteiger charge is 2.21. The summed E-state index contributed by atoms with van der Waals surface area (Å²) in [6, 6.07) is 14.0. The lowest BCUT2D eigenvalue weighted by atomic mass is 9.85. The third-order valence-corrected chi connectivity index (χ3v) is 10.1. The van der Waals surface area contributed by atoms with Gasteiger partial charge in [0.05, 0.1) is 5.69 Å². The van der Waals surface area contributed by atoms with Crippen LogP contribution in [0.25, 0.3) is 51.6 Å². The molecule has 0 bridgehead atoms. The van der Waals surface area contributed by atoms with E-state index in [1.54, 1.807) is 0 Å². The molecule has 0 aliphatic heterocycles. The zero-order chi connectivity index (χ0) is 23.8. The smallest absolute Gasteiger partial charge is 0.0795 e. The van der Waals surface area contributed by atoms with Gasteiger partial charge in [0, 0.05) is 46.2 Å². The second-order valence-corrected chi connectivity index (χ2v) is 14.0. The van der Waals surface area contributed by atoms with Crippen molar-refractivity contribution in [3.63, 3.8) is 0 Å². The number of aromatic nitrogens is 1. The van der Waals surface area contributed by atoms with Crippen molar-refractivity contribution in [1.29, 1.82) is 0 Å². The van der Waals surface area contributed by atoms with E-state index in [1.165, 1.54) is 61.9 Å². The van der Waals surface area contributed by atoms with E-state index >= 15 is 0 Å². The minimum absolute atomic E-state index is 0.0799. The summed E-state index contributed by atoms with van der Waals surface area (Å²) in [6.45, 7) is 13.8. The minimum Gasteiger partial charge on any atom is -0.256 e. The molecule has 0 fully saturated rings. The number of nitrogens with zero attached hydrogens (tertiary/aromatic N) is 1. The summed E-state index contributed by atoms with van der Waals surface area (Å²) in [5, 5.41) is 7.58. The number of thiophene rings is 3. The first-order valence-electron chi connectivity index (χ1n) is 12.0. The van der Waals surface area contributed by atoms with Crippen LogP contribution in [0.15, 0.2) is 48.0 Å². The van der Waals surface area contributed by atoms with Gasteiger partial charge in [-0.1, -0.05) is 34.6 Å². The Balaban J connectivity index is 1.64. The average molecular weight is 500 g/mol. The molecule has 2 aromatic carbocycles. The Morgan fingerprint density at radius 3 is 2.47 bits per heavy atom. The van der Waals surface area contributed by atoms with E-state index in [4.69, 9.17) is 4.98 Å². The molecule has 0 aliphatic rings. The maximum atomic E-state index is 4.97. The molecule has 0 N–H and O–H groups in total. The summed E-state index contributed by atoms with van der Waals surface area (Å²) in [4.78, 5) is 6.50. The first kappa shape index (κ1) is 22.2. The number of pyridine rings is 1. The Bertz CT molecular complexity index is 1700. The van der Waals surface area contributed by atoms with E-state index in [0.29, 0.717) is 5.92 Å². The van der Waals surface area contributed by atoms with Crippen LogP contribution < -0.4 is 0 Å². The first-order chi connectivity index (χ1) is 16.2. The quantitative estimate of drug-likeness (QED) is 0.236. The number of hydrogen-bond donors (Lipinski definition) is 0. The van der Waals surface area contributed by atoms with Gasteiger partial charge < -0.3 is 0 Å². The molecule has 0 amide bonds. The lowest BCUT2D eigenvalue weighted by Crippen LogP contribution is -2.11. The molecular weight excluding hydrogens is 471 g/mol. The van der Waals surface area contributed by atoms with Gasteiger partial charge in [0.15, 0.2) is 0 Å². The molecule has 1 nitrogen and oxygen atoms in total. The first-order valence-corrected chi connectivity index (χ1v) is 14.5. The van der Waals surface area contributed by atoms with Crippen molar-refractivity contribution in [2.75, 3.05) is 0 Å². The van der Waals surface area contributed by atoms with Crippen LogP contribution >= 0.6 is 34.0 Å². The molecule has 0 aliphatic carbocycles. The Hall–Kier alpha value is -2.27. The van der Waals surface area contributed by atoms with Crippen molar-refractivity contribution in [1.82, 2.24) is 4.98 Å². The van der Waals surface area contributed by atoms with Crippen molar-refractivity contribution in [2.45, 2.75) is 53.4 Å².